The highest BCUT2D eigenvalue weighted by Gasteiger charge is 2.23. The second-order valence-corrected chi connectivity index (χ2v) is 5.85. The number of fused-ring (bicyclic) bond motifs is 1. The van der Waals surface area contributed by atoms with Crippen LogP contribution in [0.1, 0.15) is 19.3 Å². The number of aliphatic hydroxyl groups excluding tert-OH is 1. The van der Waals surface area contributed by atoms with Gasteiger partial charge < -0.3 is 9.84 Å². The van der Waals surface area contributed by atoms with Gasteiger partial charge in [0.2, 0.25) is 0 Å². The van der Waals surface area contributed by atoms with Crippen molar-refractivity contribution in [3.63, 3.8) is 0 Å². The molecule has 0 saturated carbocycles. The number of ether oxygens (including phenoxy) is 1. The Balaban J connectivity index is 1.75. The lowest BCUT2D eigenvalue weighted by molar-refractivity contribution is -0.0680. The summed E-state index contributed by atoms with van der Waals surface area (Å²) in [7, 11) is 0. The van der Waals surface area contributed by atoms with Gasteiger partial charge in [-0.15, -0.1) is 0 Å². The van der Waals surface area contributed by atoms with Crippen LogP contribution in [-0.4, -0.2) is 33.7 Å². The topological polar surface area (TPSA) is 47.3 Å². The van der Waals surface area contributed by atoms with Gasteiger partial charge in [0.15, 0.2) is 0 Å². The summed E-state index contributed by atoms with van der Waals surface area (Å²) in [6, 6.07) is 5.93. The number of aromatic nitrogens is 2. The van der Waals surface area contributed by atoms with E-state index >= 15 is 0 Å². The fourth-order valence-electron chi connectivity index (χ4n) is 2.53. The van der Waals surface area contributed by atoms with Crippen molar-refractivity contribution in [3.8, 4) is 0 Å². The van der Waals surface area contributed by atoms with Crippen LogP contribution >= 0.6 is 15.9 Å². The fraction of sp³-hybridized carbons (Fsp3) is 0.500. The molecule has 1 aromatic heterocycles. The van der Waals surface area contributed by atoms with Crippen molar-refractivity contribution >= 4 is 26.8 Å². The molecule has 0 bridgehead atoms. The van der Waals surface area contributed by atoms with Gasteiger partial charge in [-0.1, -0.05) is 22.0 Å². The average Bonchev–Trinajstić information content (AvgIpc) is 2.84. The summed E-state index contributed by atoms with van der Waals surface area (Å²) in [5.74, 6) is 0. The quantitative estimate of drug-likeness (QED) is 0.944. The average molecular weight is 325 g/mol. The van der Waals surface area contributed by atoms with Gasteiger partial charge in [-0.3, -0.25) is 4.68 Å². The zero-order chi connectivity index (χ0) is 13.2. The Morgan fingerprint density at radius 1 is 1.47 bits per heavy atom. The van der Waals surface area contributed by atoms with Gasteiger partial charge in [0.25, 0.3) is 0 Å². The first-order valence-electron chi connectivity index (χ1n) is 6.65. The molecule has 1 aromatic carbocycles. The number of nitrogens with zero attached hydrogens (tertiary/aromatic N) is 2. The smallest absolute Gasteiger partial charge is 0.0997 e. The molecule has 2 atom stereocenters. The predicted octanol–water partition coefficient (Wildman–Crippen LogP) is 2.73. The van der Waals surface area contributed by atoms with Gasteiger partial charge >= 0.3 is 0 Å². The lowest BCUT2D eigenvalue weighted by atomic mass is 10.0. The van der Waals surface area contributed by atoms with Crippen LogP contribution in [0.15, 0.2) is 28.9 Å². The van der Waals surface area contributed by atoms with Gasteiger partial charge in [-0.05, 0) is 31.4 Å². The number of aliphatic hydroxyl groups is 1. The van der Waals surface area contributed by atoms with Crippen molar-refractivity contribution < 1.29 is 9.84 Å². The zero-order valence-electron chi connectivity index (χ0n) is 10.6. The van der Waals surface area contributed by atoms with Crippen LogP contribution in [0.3, 0.4) is 0 Å². The molecule has 0 aliphatic carbocycles. The van der Waals surface area contributed by atoms with Crippen LogP contribution < -0.4 is 0 Å². The Labute approximate surface area is 120 Å². The molecule has 1 aliphatic heterocycles. The van der Waals surface area contributed by atoms with Crippen molar-refractivity contribution in [3.05, 3.63) is 28.9 Å². The summed E-state index contributed by atoms with van der Waals surface area (Å²) in [4.78, 5) is 0. The predicted molar refractivity (Wildman–Crippen MR) is 77.0 cm³/mol. The first-order valence-corrected chi connectivity index (χ1v) is 7.45. The van der Waals surface area contributed by atoms with E-state index in [1.54, 1.807) is 4.68 Å². The Morgan fingerprint density at radius 2 is 2.37 bits per heavy atom. The van der Waals surface area contributed by atoms with E-state index in [0.29, 0.717) is 6.54 Å². The van der Waals surface area contributed by atoms with Crippen LogP contribution in [0.25, 0.3) is 10.9 Å². The lowest BCUT2D eigenvalue weighted by Crippen LogP contribution is -2.35. The number of halogens is 1. The lowest BCUT2D eigenvalue weighted by Gasteiger charge is -2.26. The van der Waals surface area contributed by atoms with Crippen molar-refractivity contribution in [2.75, 3.05) is 6.61 Å². The molecule has 0 radical (unpaired) electrons. The molecule has 1 saturated heterocycles. The third-order valence-corrected chi connectivity index (χ3v) is 4.25. The summed E-state index contributed by atoms with van der Waals surface area (Å²) in [6.07, 6.45) is 4.59. The van der Waals surface area contributed by atoms with E-state index in [1.165, 1.54) is 0 Å². The number of benzene rings is 1. The monoisotopic (exact) mass is 324 g/mol. The number of rotatable bonds is 3. The Kier molecular flexibility index (Phi) is 3.86. The molecule has 19 heavy (non-hydrogen) atoms. The molecule has 1 N–H and O–H groups in total. The van der Waals surface area contributed by atoms with Gasteiger partial charge in [0.1, 0.15) is 0 Å². The van der Waals surface area contributed by atoms with Gasteiger partial charge in [0, 0.05) is 22.7 Å². The summed E-state index contributed by atoms with van der Waals surface area (Å²) < 4.78 is 8.44. The molecule has 2 unspecified atom stereocenters. The highest BCUT2D eigenvalue weighted by atomic mass is 79.9. The Hall–Kier alpha value is -0.910. The second kappa shape index (κ2) is 5.61. The number of hydrogen-bond donors (Lipinski definition) is 1. The minimum atomic E-state index is -0.492. The largest absolute Gasteiger partial charge is 0.388 e. The molecular formula is C14H17BrN2O2. The van der Waals surface area contributed by atoms with Crippen LogP contribution in [0.4, 0.5) is 0 Å². The molecular weight excluding hydrogens is 308 g/mol. The summed E-state index contributed by atoms with van der Waals surface area (Å²) >= 11 is 3.51. The second-order valence-electron chi connectivity index (χ2n) is 5.00. The minimum absolute atomic E-state index is 0.0514. The van der Waals surface area contributed by atoms with E-state index < -0.39 is 6.10 Å². The fourth-order valence-corrected chi connectivity index (χ4v) is 2.99. The molecule has 1 fully saturated rings. The molecule has 0 spiro atoms. The SMILES string of the molecule is OC(Cn1cc2c(Br)cccc2n1)C1CCCCO1. The van der Waals surface area contributed by atoms with Gasteiger partial charge in [0.05, 0.1) is 24.3 Å². The molecule has 2 heterocycles. The third-order valence-electron chi connectivity index (χ3n) is 3.56. The van der Waals surface area contributed by atoms with Gasteiger partial charge in [-0.2, -0.15) is 5.10 Å². The molecule has 4 nitrogen and oxygen atoms in total. The van der Waals surface area contributed by atoms with Gasteiger partial charge in [-0.25, -0.2) is 0 Å². The highest BCUT2D eigenvalue weighted by Crippen LogP contribution is 2.23. The normalized spacial score (nSPS) is 21.7. The van der Waals surface area contributed by atoms with Crippen molar-refractivity contribution in [2.45, 2.75) is 38.0 Å². The van der Waals surface area contributed by atoms with E-state index in [-0.39, 0.29) is 6.10 Å². The van der Waals surface area contributed by atoms with E-state index in [0.717, 1.165) is 41.2 Å². The van der Waals surface area contributed by atoms with E-state index in [4.69, 9.17) is 4.74 Å². The molecule has 3 rings (SSSR count). The highest BCUT2D eigenvalue weighted by molar-refractivity contribution is 9.10. The van der Waals surface area contributed by atoms with Crippen molar-refractivity contribution in [2.24, 2.45) is 0 Å². The van der Waals surface area contributed by atoms with Crippen LogP contribution in [0.2, 0.25) is 0 Å². The first kappa shape index (κ1) is 13.1. The number of hydrogen-bond acceptors (Lipinski definition) is 3. The van der Waals surface area contributed by atoms with E-state index in [1.807, 2.05) is 24.4 Å². The maximum atomic E-state index is 10.2. The first-order chi connectivity index (χ1) is 9.24. The minimum Gasteiger partial charge on any atom is -0.388 e. The van der Waals surface area contributed by atoms with Crippen molar-refractivity contribution in [1.29, 1.82) is 0 Å². The Bertz CT molecular complexity index is 564. The van der Waals surface area contributed by atoms with Crippen LogP contribution in [0, 0.1) is 0 Å². The Morgan fingerprint density at radius 3 is 3.11 bits per heavy atom. The maximum Gasteiger partial charge on any atom is 0.0997 e. The van der Waals surface area contributed by atoms with E-state index in [9.17, 15) is 5.11 Å². The van der Waals surface area contributed by atoms with Crippen molar-refractivity contribution in [1.82, 2.24) is 9.78 Å². The molecule has 1 aliphatic rings. The third kappa shape index (κ3) is 2.83. The van der Waals surface area contributed by atoms with Crippen LogP contribution in [0.5, 0.6) is 0 Å². The molecule has 5 heteroatoms. The maximum absolute atomic E-state index is 10.2. The zero-order valence-corrected chi connectivity index (χ0v) is 12.2. The molecule has 102 valence electrons. The molecule has 0 amide bonds. The summed E-state index contributed by atoms with van der Waals surface area (Å²) in [5.41, 5.74) is 0.936. The van der Waals surface area contributed by atoms with Crippen LogP contribution in [-0.2, 0) is 11.3 Å². The summed E-state index contributed by atoms with van der Waals surface area (Å²) in [5, 5.41) is 15.8. The molecule has 2 aromatic rings. The standard InChI is InChI=1S/C14H17BrN2O2/c15-11-4-3-5-12-10(11)8-17(16-12)9-13(18)14-6-1-2-7-19-14/h3-5,8,13-14,18H,1-2,6-7,9H2. The van der Waals surface area contributed by atoms with E-state index in [2.05, 4.69) is 21.0 Å². The summed E-state index contributed by atoms with van der Waals surface area (Å²) in [6.45, 7) is 1.24.